The van der Waals surface area contributed by atoms with Gasteiger partial charge < -0.3 is 23.8 Å². The highest BCUT2D eigenvalue weighted by Crippen LogP contribution is 2.57. The van der Waals surface area contributed by atoms with Gasteiger partial charge in [0.1, 0.15) is 23.0 Å². The Balaban J connectivity index is 1.27. The number of ether oxygens (including phenoxy) is 4. The van der Waals surface area contributed by atoms with Crippen LogP contribution in [-0.2, 0) is 10.8 Å². The Morgan fingerprint density at radius 3 is 1.14 bits per heavy atom. The van der Waals surface area contributed by atoms with Crippen molar-refractivity contribution < 1.29 is 18.9 Å². The molecule has 0 radical (unpaired) electrons. The van der Waals surface area contributed by atoms with Gasteiger partial charge in [0.25, 0.3) is 0 Å². The highest BCUT2D eigenvalue weighted by atomic mass is 35.5. The first-order valence-electron chi connectivity index (χ1n) is 25.8. The van der Waals surface area contributed by atoms with E-state index in [1.165, 1.54) is 122 Å². The maximum Gasteiger partial charge on any atom is 0.131 e. The third-order valence-corrected chi connectivity index (χ3v) is 14.3. The molecule has 0 atom stereocenters. The summed E-state index contributed by atoms with van der Waals surface area (Å²) in [4.78, 5) is 2.39. The van der Waals surface area contributed by atoms with E-state index in [1.54, 1.807) is 0 Å². The van der Waals surface area contributed by atoms with Gasteiger partial charge in [0, 0.05) is 56.2 Å². The van der Waals surface area contributed by atoms with Gasteiger partial charge in [-0.3, -0.25) is 0 Å². The average Bonchev–Trinajstić information content (AvgIpc) is 3.68. The summed E-state index contributed by atoms with van der Waals surface area (Å²) >= 11 is 6.56. The fraction of sp³-hybridized carbons (Fsp3) is 0.500. The molecule has 354 valence electrons. The Morgan fingerprint density at radius 1 is 0.394 bits per heavy atom. The van der Waals surface area contributed by atoms with Crippen LogP contribution in [0, 0.1) is 0 Å². The maximum atomic E-state index is 6.71. The van der Waals surface area contributed by atoms with E-state index in [4.69, 9.17) is 30.5 Å². The minimum Gasteiger partial charge on any atom is -0.493 e. The van der Waals surface area contributed by atoms with Gasteiger partial charge in [0.2, 0.25) is 0 Å². The molecule has 5 aromatic rings. The van der Waals surface area contributed by atoms with Crippen LogP contribution in [-0.4, -0.2) is 26.4 Å². The van der Waals surface area contributed by atoms with Gasteiger partial charge in [0.15, 0.2) is 0 Å². The number of unbranched alkanes of at least 4 members (excludes halogenated alkanes) is 12. The second-order valence-electron chi connectivity index (χ2n) is 19.8. The molecule has 0 saturated carbocycles. The molecular formula is C60H78ClNO4. The van der Waals surface area contributed by atoms with Crippen LogP contribution < -0.4 is 23.8 Å². The van der Waals surface area contributed by atoms with E-state index in [9.17, 15) is 0 Å². The highest BCUT2D eigenvalue weighted by molar-refractivity contribution is 6.30. The number of benzene rings is 5. The van der Waals surface area contributed by atoms with Crippen molar-refractivity contribution in [3.05, 3.63) is 112 Å². The normalized spacial score (nSPS) is 13.8. The molecule has 0 aromatic heterocycles. The molecule has 2 aliphatic carbocycles. The van der Waals surface area contributed by atoms with Gasteiger partial charge in [-0.05, 0) is 120 Å². The first kappa shape index (κ1) is 49.3. The van der Waals surface area contributed by atoms with Crippen molar-refractivity contribution in [2.24, 2.45) is 0 Å². The Kier molecular flexibility index (Phi) is 17.1. The predicted molar refractivity (Wildman–Crippen MR) is 280 cm³/mol. The van der Waals surface area contributed by atoms with Crippen LogP contribution >= 0.6 is 11.6 Å². The largest absolute Gasteiger partial charge is 0.493 e. The summed E-state index contributed by atoms with van der Waals surface area (Å²) in [6, 6.07) is 31.1. The fourth-order valence-corrected chi connectivity index (χ4v) is 10.2. The summed E-state index contributed by atoms with van der Waals surface area (Å²) in [5, 5.41) is 0.714. The van der Waals surface area contributed by atoms with E-state index in [-0.39, 0.29) is 10.8 Å². The lowest BCUT2D eigenvalue weighted by molar-refractivity contribution is 0.290. The van der Waals surface area contributed by atoms with Crippen molar-refractivity contribution in [3.63, 3.8) is 0 Å². The topological polar surface area (TPSA) is 40.2 Å². The van der Waals surface area contributed by atoms with Gasteiger partial charge in [-0.25, -0.2) is 0 Å². The minimum absolute atomic E-state index is 0.293. The second-order valence-corrected chi connectivity index (χ2v) is 20.3. The molecular weight excluding hydrogens is 834 g/mol. The first-order valence-corrected chi connectivity index (χ1v) is 26.1. The molecule has 6 heteroatoms. The maximum absolute atomic E-state index is 6.71. The Labute approximate surface area is 403 Å². The van der Waals surface area contributed by atoms with Crippen LogP contribution in [0.4, 0.5) is 17.1 Å². The first-order chi connectivity index (χ1) is 32.0. The van der Waals surface area contributed by atoms with Gasteiger partial charge in [0.05, 0.1) is 26.4 Å². The molecule has 0 fully saturated rings. The van der Waals surface area contributed by atoms with Gasteiger partial charge in [-0.2, -0.15) is 0 Å². The Bertz CT molecular complexity index is 2220. The summed E-state index contributed by atoms with van der Waals surface area (Å²) in [5.74, 6) is 3.65. The van der Waals surface area contributed by atoms with E-state index < -0.39 is 0 Å². The number of rotatable bonds is 27. The summed E-state index contributed by atoms with van der Waals surface area (Å²) < 4.78 is 26.4. The van der Waals surface area contributed by atoms with Crippen molar-refractivity contribution in [1.29, 1.82) is 0 Å². The number of nitrogens with zero attached hydrogens (tertiary/aromatic N) is 1. The van der Waals surface area contributed by atoms with Crippen LogP contribution in [0.2, 0.25) is 5.02 Å². The number of anilines is 3. The molecule has 0 aliphatic heterocycles. The minimum atomic E-state index is -0.293. The highest BCUT2D eigenvalue weighted by Gasteiger charge is 2.41. The van der Waals surface area contributed by atoms with E-state index in [0.717, 1.165) is 65.7 Å². The molecule has 5 aromatic carbocycles. The lowest BCUT2D eigenvalue weighted by Gasteiger charge is -2.29. The van der Waals surface area contributed by atoms with Crippen LogP contribution in [0.1, 0.15) is 180 Å². The molecule has 7 rings (SSSR count). The third kappa shape index (κ3) is 11.0. The van der Waals surface area contributed by atoms with E-state index in [0.29, 0.717) is 31.5 Å². The average molecular weight is 913 g/mol. The molecule has 0 amide bonds. The van der Waals surface area contributed by atoms with Crippen molar-refractivity contribution in [2.75, 3.05) is 31.3 Å². The number of fused-ring (bicyclic) bond motifs is 6. The zero-order valence-corrected chi connectivity index (χ0v) is 42.4. The van der Waals surface area contributed by atoms with E-state index in [1.807, 2.05) is 12.1 Å². The summed E-state index contributed by atoms with van der Waals surface area (Å²) in [6.07, 6.45) is 18.7. The predicted octanol–water partition coefficient (Wildman–Crippen LogP) is 18.3. The monoisotopic (exact) mass is 912 g/mol. The Morgan fingerprint density at radius 2 is 0.758 bits per heavy atom. The molecule has 66 heavy (non-hydrogen) atoms. The van der Waals surface area contributed by atoms with Gasteiger partial charge >= 0.3 is 0 Å². The van der Waals surface area contributed by atoms with Crippen LogP contribution in [0.25, 0.3) is 22.3 Å². The molecule has 0 heterocycles. The molecule has 0 bridgehead atoms. The quantitative estimate of drug-likeness (QED) is 0.0491. The number of halogens is 1. The van der Waals surface area contributed by atoms with Gasteiger partial charge in [-0.1, -0.05) is 156 Å². The molecule has 2 aliphatic rings. The smallest absolute Gasteiger partial charge is 0.131 e. The van der Waals surface area contributed by atoms with Crippen LogP contribution in [0.15, 0.2) is 84.9 Å². The Hall–Kier alpha value is -4.61. The fourth-order valence-electron chi connectivity index (χ4n) is 10.1. The molecule has 0 N–H and O–H groups in total. The zero-order chi connectivity index (χ0) is 46.7. The van der Waals surface area contributed by atoms with Crippen molar-refractivity contribution >= 4 is 28.7 Å². The molecule has 0 saturated heterocycles. The van der Waals surface area contributed by atoms with Crippen molar-refractivity contribution in [2.45, 2.75) is 169 Å². The summed E-state index contributed by atoms with van der Waals surface area (Å²) in [6.45, 7) is 21.2. The lowest BCUT2D eigenvalue weighted by atomic mass is 9.82. The van der Waals surface area contributed by atoms with E-state index >= 15 is 0 Å². The lowest BCUT2D eigenvalue weighted by Crippen LogP contribution is -2.18. The SMILES string of the molecule is CCCCCCOc1cc(OCCCCCC)c2c(c1)C(C)(C)c1cc(N(c3ccc(Cl)cc3)c3ccc4c(c3)C(C)(C)c3cc(OCCCCCC)cc(OCCCCCC)c3-4)ccc1-2. The molecule has 0 spiro atoms. The van der Waals surface area contributed by atoms with Crippen LogP contribution in [0.5, 0.6) is 23.0 Å². The van der Waals surface area contributed by atoms with Crippen LogP contribution in [0.3, 0.4) is 0 Å². The summed E-state index contributed by atoms with van der Waals surface area (Å²) in [7, 11) is 0. The third-order valence-electron chi connectivity index (χ3n) is 14.0. The van der Waals surface area contributed by atoms with Gasteiger partial charge in [-0.15, -0.1) is 0 Å². The van der Waals surface area contributed by atoms with E-state index in [2.05, 4.69) is 133 Å². The number of hydrogen-bond donors (Lipinski definition) is 0. The molecule has 5 nitrogen and oxygen atoms in total. The molecule has 0 unspecified atom stereocenters. The summed E-state index contributed by atoms with van der Waals surface area (Å²) in [5.41, 5.74) is 12.6. The second kappa shape index (κ2) is 22.9. The number of hydrogen-bond acceptors (Lipinski definition) is 5. The zero-order valence-electron chi connectivity index (χ0n) is 41.7. The standard InChI is InChI=1S/C60H78ClNO4/c1-9-13-17-21-33-63-47-39-53-57(55(41-47)65-35-23-19-15-11-3)49-31-29-45(37-51(49)59(53,5)6)62(44-27-25-43(61)26-28-44)46-30-32-50-52(38-46)60(7,8)54-40-48(64-34-22-18-14-10-2)42-56(58(50)54)66-36-24-20-16-12-4/h25-32,37-42H,9-24,33-36H2,1-8H3. The van der Waals surface area contributed by atoms with Crippen molar-refractivity contribution in [3.8, 4) is 45.3 Å². The van der Waals surface area contributed by atoms with Crippen molar-refractivity contribution in [1.82, 2.24) is 0 Å².